The average molecular weight is 241 g/mol. The van der Waals surface area contributed by atoms with Crippen LogP contribution in [0.15, 0.2) is 12.1 Å². The van der Waals surface area contributed by atoms with E-state index in [4.69, 9.17) is 4.74 Å². The maximum Gasteiger partial charge on any atom is 0.0591 e. The fraction of sp³-hybridized carbons (Fsp3) is 0.692. The molecule has 1 heterocycles. The van der Waals surface area contributed by atoms with E-state index < -0.39 is 0 Å². The van der Waals surface area contributed by atoms with Crippen LogP contribution in [0, 0.1) is 0 Å². The van der Waals surface area contributed by atoms with E-state index in [0.717, 1.165) is 32.7 Å². The molecule has 3 heteroatoms. The number of unbranched alkanes of at least 4 members (excludes halogenated alkanes) is 1. The minimum absolute atomic E-state index is 0.825. The van der Waals surface area contributed by atoms with Crippen molar-refractivity contribution in [2.45, 2.75) is 39.7 Å². The van der Waals surface area contributed by atoms with Gasteiger partial charge in [-0.2, -0.15) is 0 Å². The molecule has 0 atom stereocenters. The molecule has 0 unspecified atom stereocenters. The number of hydrogen-bond donors (Lipinski definition) is 1. The molecule has 0 fully saturated rings. The van der Waals surface area contributed by atoms with Gasteiger partial charge in [-0.25, -0.2) is 0 Å². The zero-order valence-electron chi connectivity index (χ0n) is 10.4. The van der Waals surface area contributed by atoms with Gasteiger partial charge < -0.3 is 10.1 Å². The Morgan fingerprint density at radius 1 is 1.19 bits per heavy atom. The van der Waals surface area contributed by atoms with E-state index in [1.165, 1.54) is 22.6 Å². The largest absolute Gasteiger partial charge is 0.380 e. The Labute approximate surface area is 103 Å². The third-order valence-corrected chi connectivity index (χ3v) is 3.66. The number of nitrogens with one attached hydrogen (secondary N) is 1. The third kappa shape index (κ3) is 5.64. The first kappa shape index (κ1) is 13.7. The molecule has 0 aliphatic carbocycles. The molecule has 0 saturated heterocycles. The molecule has 1 N–H and O–H groups in total. The first-order valence-corrected chi connectivity index (χ1v) is 7.04. The van der Waals surface area contributed by atoms with Gasteiger partial charge in [0.2, 0.25) is 0 Å². The van der Waals surface area contributed by atoms with E-state index in [9.17, 15) is 0 Å². The summed E-state index contributed by atoms with van der Waals surface area (Å²) < 4.78 is 5.48. The van der Waals surface area contributed by atoms with Gasteiger partial charge in [0.1, 0.15) is 0 Å². The van der Waals surface area contributed by atoms with Crippen molar-refractivity contribution in [2.75, 3.05) is 19.8 Å². The monoisotopic (exact) mass is 241 g/mol. The molecule has 0 radical (unpaired) electrons. The van der Waals surface area contributed by atoms with Crippen molar-refractivity contribution in [2.24, 2.45) is 0 Å². The van der Waals surface area contributed by atoms with Crippen LogP contribution in [0.2, 0.25) is 0 Å². The fourth-order valence-corrected chi connectivity index (χ4v) is 2.34. The Bertz CT molecular complexity index is 273. The van der Waals surface area contributed by atoms with Gasteiger partial charge in [-0.15, -0.1) is 11.3 Å². The first-order valence-electron chi connectivity index (χ1n) is 6.22. The van der Waals surface area contributed by atoms with Gasteiger partial charge in [-0.3, -0.25) is 0 Å². The molecule has 0 aliphatic rings. The van der Waals surface area contributed by atoms with Crippen molar-refractivity contribution in [3.05, 3.63) is 21.9 Å². The molecule has 2 nitrogen and oxygen atoms in total. The van der Waals surface area contributed by atoms with Crippen LogP contribution in [0.4, 0.5) is 0 Å². The summed E-state index contributed by atoms with van der Waals surface area (Å²) in [7, 11) is 0. The van der Waals surface area contributed by atoms with Crippen molar-refractivity contribution in [3.8, 4) is 0 Å². The standard InChI is InChI=1S/C13H23NOS/c1-3-5-9-15-10-8-14-11-13-7-6-12(4-2)16-13/h6-7,14H,3-5,8-11H2,1-2H3. The number of rotatable bonds is 9. The molecule has 92 valence electrons. The number of aryl methyl sites for hydroxylation is 1. The number of hydrogen-bond acceptors (Lipinski definition) is 3. The van der Waals surface area contributed by atoms with Crippen LogP contribution in [-0.2, 0) is 17.7 Å². The molecule has 1 aromatic heterocycles. The summed E-state index contributed by atoms with van der Waals surface area (Å²) in [5.74, 6) is 0. The lowest BCUT2D eigenvalue weighted by Gasteiger charge is -2.04. The van der Waals surface area contributed by atoms with E-state index in [1.54, 1.807) is 0 Å². The molecule has 0 spiro atoms. The highest BCUT2D eigenvalue weighted by Crippen LogP contribution is 2.16. The van der Waals surface area contributed by atoms with Crippen molar-refractivity contribution in [3.63, 3.8) is 0 Å². The van der Waals surface area contributed by atoms with Gasteiger partial charge in [-0.1, -0.05) is 20.3 Å². The van der Waals surface area contributed by atoms with Crippen LogP contribution in [-0.4, -0.2) is 19.8 Å². The average Bonchev–Trinajstić information content (AvgIpc) is 2.76. The quantitative estimate of drug-likeness (QED) is 0.670. The number of thiophene rings is 1. The van der Waals surface area contributed by atoms with Gasteiger partial charge in [-0.05, 0) is 25.0 Å². The molecule has 0 amide bonds. The highest BCUT2D eigenvalue weighted by atomic mass is 32.1. The maximum atomic E-state index is 5.48. The highest BCUT2D eigenvalue weighted by Gasteiger charge is 1.97. The first-order chi connectivity index (χ1) is 7.86. The lowest BCUT2D eigenvalue weighted by Crippen LogP contribution is -2.18. The van der Waals surface area contributed by atoms with Crippen LogP contribution in [0.5, 0.6) is 0 Å². The topological polar surface area (TPSA) is 21.3 Å². The van der Waals surface area contributed by atoms with E-state index >= 15 is 0 Å². The van der Waals surface area contributed by atoms with Crippen LogP contribution in [0.1, 0.15) is 36.4 Å². The second-order valence-electron chi connectivity index (χ2n) is 3.86. The molecule has 1 aromatic rings. The summed E-state index contributed by atoms with van der Waals surface area (Å²) in [5, 5.41) is 3.40. The zero-order valence-corrected chi connectivity index (χ0v) is 11.2. The maximum absolute atomic E-state index is 5.48. The Kier molecular flexibility index (Phi) is 7.47. The predicted octanol–water partition coefficient (Wildman–Crippen LogP) is 3.22. The number of ether oxygens (including phenoxy) is 1. The summed E-state index contributed by atoms with van der Waals surface area (Å²) >= 11 is 1.90. The summed E-state index contributed by atoms with van der Waals surface area (Å²) in [4.78, 5) is 2.89. The third-order valence-electron chi connectivity index (χ3n) is 2.43. The molecular weight excluding hydrogens is 218 g/mol. The SMILES string of the molecule is CCCCOCCNCc1ccc(CC)s1. The van der Waals surface area contributed by atoms with Crippen molar-refractivity contribution >= 4 is 11.3 Å². The lowest BCUT2D eigenvalue weighted by molar-refractivity contribution is 0.133. The second-order valence-corrected chi connectivity index (χ2v) is 5.12. The minimum Gasteiger partial charge on any atom is -0.380 e. The van der Waals surface area contributed by atoms with Gasteiger partial charge in [0.05, 0.1) is 6.61 Å². The Morgan fingerprint density at radius 2 is 2.00 bits per heavy atom. The normalized spacial score (nSPS) is 10.9. The van der Waals surface area contributed by atoms with E-state index in [-0.39, 0.29) is 0 Å². The molecule has 0 aromatic carbocycles. The molecule has 16 heavy (non-hydrogen) atoms. The molecule has 0 saturated carbocycles. The molecule has 0 bridgehead atoms. The van der Waals surface area contributed by atoms with Crippen LogP contribution < -0.4 is 5.32 Å². The van der Waals surface area contributed by atoms with Crippen molar-refractivity contribution in [1.29, 1.82) is 0 Å². The van der Waals surface area contributed by atoms with E-state index in [1.807, 2.05) is 11.3 Å². The summed E-state index contributed by atoms with van der Waals surface area (Å²) in [6.07, 6.45) is 3.53. The highest BCUT2D eigenvalue weighted by molar-refractivity contribution is 7.11. The second kappa shape index (κ2) is 8.74. The molecule has 1 rings (SSSR count). The van der Waals surface area contributed by atoms with Crippen LogP contribution in [0.3, 0.4) is 0 Å². The van der Waals surface area contributed by atoms with Gasteiger partial charge in [0.25, 0.3) is 0 Å². The zero-order chi connectivity index (χ0) is 11.6. The fourth-order valence-electron chi connectivity index (χ4n) is 1.41. The summed E-state index contributed by atoms with van der Waals surface area (Å²) in [6.45, 7) is 8.03. The van der Waals surface area contributed by atoms with Crippen LogP contribution in [0.25, 0.3) is 0 Å². The van der Waals surface area contributed by atoms with Crippen molar-refractivity contribution < 1.29 is 4.74 Å². The lowest BCUT2D eigenvalue weighted by atomic mass is 10.3. The van der Waals surface area contributed by atoms with Gasteiger partial charge in [0.15, 0.2) is 0 Å². The van der Waals surface area contributed by atoms with Crippen LogP contribution >= 0.6 is 11.3 Å². The smallest absolute Gasteiger partial charge is 0.0591 e. The van der Waals surface area contributed by atoms with Gasteiger partial charge >= 0.3 is 0 Å². The van der Waals surface area contributed by atoms with E-state index in [0.29, 0.717) is 0 Å². The summed E-state index contributed by atoms with van der Waals surface area (Å²) in [6, 6.07) is 4.44. The summed E-state index contributed by atoms with van der Waals surface area (Å²) in [5.41, 5.74) is 0. The Balaban J connectivity index is 1.98. The Hall–Kier alpha value is -0.380. The Morgan fingerprint density at radius 3 is 2.69 bits per heavy atom. The molecule has 0 aliphatic heterocycles. The molecular formula is C13H23NOS. The minimum atomic E-state index is 0.825. The van der Waals surface area contributed by atoms with Gasteiger partial charge in [0, 0.05) is 29.5 Å². The van der Waals surface area contributed by atoms with E-state index in [2.05, 4.69) is 31.3 Å². The predicted molar refractivity (Wildman–Crippen MR) is 71.1 cm³/mol. The van der Waals surface area contributed by atoms with Crippen molar-refractivity contribution in [1.82, 2.24) is 5.32 Å².